The first-order valence-corrected chi connectivity index (χ1v) is 8.52. The number of carbonyl (C=O) groups is 2. The van der Waals surface area contributed by atoms with E-state index in [1.807, 2.05) is 24.3 Å². The zero-order valence-corrected chi connectivity index (χ0v) is 14.5. The summed E-state index contributed by atoms with van der Waals surface area (Å²) in [5, 5.41) is 3.16. The Kier molecular flexibility index (Phi) is 5.55. The van der Waals surface area contributed by atoms with Gasteiger partial charge in [0, 0.05) is 25.3 Å². The van der Waals surface area contributed by atoms with Gasteiger partial charge in [0.15, 0.2) is 0 Å². The molecule has 1 N–H and O–H groups in total. The molecule has 0 saturated carbocycles. The number of nitrogens with one attached hydrogen (secondary N) is 1. The van der Waals surface area contributed by atoms with Gasteiger partial charge in [-0.3, -0.25) is 9.59 Å². The van der Waals surface area contributed by atoms with Crippen LogP contribution < -0.4 is 10.1 Å². The van der Waals surface area contributed by atoms with E-state index in [1.165, 1.54) is 4.90 Å². The van der Waals surface area contributed by atoms with E-state index >= 15 is 0 Å². The topological polar surface area (TPSA) is 77.1 Å². The van der Waals surface area contributed by atoms with Crippen molar-refractivity contribution in [2.75, 3.05) is 46.6 Å². The fraction of sp³-hybridized carbons (Fsp3) is 0.556. The third-order valence-corrected chi connectivity index (χ3v) is 4.77. The Labute approximate surface area is 147 Å². The van der Waals surface area contributed by atoms with E-state index < -0.39 is 5.54 Å². The molecule has 2 heterocycles. The van der Waals surface area contributed by atoms with Gasteiger partial charge >= 0.3 is 0 Å². The zero-order chi connectivity index (χ0) is 17.7. The van der Waals surface area contributed by atoms with Crippen LogP contribution in [0.4, 0.5) is 0 Å². The quantitative estimate of drug-likeness (QED) is 0.847. The van der Waals surface area contributed by atoms with Gasteiger partial charge in [-0.25, -0.2) is 0 Å². The third kappa shape index (κ3) is 3.93. The second-order valence-electron chi connectivity index (χ2n) is 6.31. The molecule has 7 heteroatoms. The highest BCUT2D eigenvalue weighted by Gasteiger charge is 2.38. The molecule has 25 heavy (non-hydrogen) atoms. The maximum absolute atomic E-state index is 12.7. The Morgan fingerprint density at radius 3 is 2.72 bits per heavy atom. The average molecular weight is 348 g/mol. The normalized spacial score (nSPS) is 20.2. The van der Waals surface area contributed by atoms with Gasteiger partial charge in [0.25, 0.3) is 0 Å². The summed E-state index contributed by atoms with van der Waals surface area (Å²) >= 11 is 0. The lowest BCUT2D eigenvalue weighted by Crippen LogP contribution is -2.54. The number of nitrogens with zero attached hydrogens (tertiary/aromatic N) is 1. The number of rotatable bonds is 5. The molecule has 2 saturated heterocycles. The van der Waals surface area contributed by atoms with E-state index in [2.05, 4.69) is 5.32 Å². The SMILES string of the molecule is COc1ccccc1C1(NC(=O)CN2CCOCC2=O)CCOCC1. The van der Waals surface area contributed by atoms with Gasteiger partial charge in [0.05, 0.1) is 25.8 Å². The van der Waals surface area contributed by atoms with Gasteiger partial charge in [-0.05, 0) is 18.9 Å². The second kappa shape index (κ2) is 7.84. The molecule has 0 radical (unpaired) electrons. The first-order valence-electron chi connectivity index (χ1n) is 8.52. The highest BCUT2D eigenvalue weighted by Crippen LogP contribution is 2.37. The molecule has 2 aliphatic rings. The number of benzene rings is 1. The predicted molar refractivity (Wildman–Crippen MR) is 90.3 cm³/mol. The Bertz CT molecular complexity index is 628. The van der Waals surface area contributed by atoms with Crippen LogP contribution in [0.3, 0.4) is 0 Å². The zero-order valence-electron chi connectivity index (χ0n) is 14.5. The molecule has 1 aromatic rings. The van der Waals surface area contributed by atoms with Crippen molar-refractivity contribution in [3.05, 3.63) is 29.8 Å². The fourth-order valence-corrected chi connectivity index (χ4v) is 3.42. The van der Waals surface area contributed by atoms with Crippen molar-refractivity contribution in [1.29, 1.82) is 0 Å². The van der Waals surface area contributed by atoms with E-state index in [0.717, 1.165) is 11.3 Å². The Balaban J connectivity index is 1.78. The molecule has 0 atom stereocenters. The molecule has 136 valence electrons. The Morgan fingerprint density at radius 2 is 2.00 bits per heavy atom. The number of hydrogen-bond donors (Lipinski definition) is 1. The van der Waals surface area contributed by atoms with Crippen molar-refractivity contribution >= 4 is 11.8 Å². The largest absolute Gasteiger partial charge is 0.496 e. The molecule has 0 aliphatic carbocycles. The molecule has 0 unspecified atom stereocenters. The van der Waals surface area contributed by atoms with Crippen LogP contribution in [0.5, 0.6) is 5.75 Å². The van der Waals surface area contributed by atoms with Crippen LogP contribution in [0.2, 0.25) is 0 Å². The van der Waals surface area contributed by atoms with Gasteiger partial charge in [-0.1, -0.05) is 18.2 Å². The second-order valence-corrected chi connectivity index (χ2v) is 6.31. The minimum atomic E-state index is -0.544. The van der Waals surface area contributed by atoms with Crippen molar-refractivity contribution in [2.24, 2.45) is 0 Å². The molecule has 2 aliphatic heterocycles. The Hall–Kier alpha value is -2.12. The van der Waals surface area contributed by atoms with E-state index in [4.69, 9.17) is 14.2 Å². The first kappa shape index (κ1) is 17.7. The molecule has 3 rings (SSSR count). The maximum Gasteiger partial charge on any atom is 0.249 e. The lowest BCUT2D eigenvalue weighted by atomic mass is 9.82. The molecular weight excluding hydrogens is 324 g/mol. The third-order valence-electron chi connectivity index (χ3n) is 4.77. The van der Waals surface area contributed by atoms with Gasteiger partial charge < -0.3 is 24.4 Å². The van der Waals surface area contributed by atoms with Crippen molar-refractivity contribution < 1.29 is 23.8 Å². The molecule has 2 fully saturated rings. The number of para-hydroxylation sites is 1. The molecule has 0 bridgehead atoms. The highest BCUT2D eigenvalue weighted by atomic mass is 16.5. The van der Waals surface area contributed by atoms with Crippen LogP contribution in [0.1, 0.15) is 18.4 Å². The summed E-state index contributed by atoms with van der Waals surface area (Å²) in [6.45, 7) is 2.11. The van der Waals surface area contributed by atoms with Crippen LogP contribution in [-0.2, 0) is 24.6 Å². The summed E-state index contributed by atoms with van der Waals surface area (Å²) in [5.74, 6) is 0.412. The molecule has 0 spiro atoms. The van der Waals surface area contributed by atoms with Crippen LogP contribution in [-0.4, -0.2) is 63.3 Å². The number of morpholine rings is 1. The number of amides is 2. The predicted octanol–water partition coefficient (Wildman–Crippen LogP) is 0.676. The number of hydrogen-bond acceptors (Lipinski definition) is 5. The summed E-state index contributed by atoms with van der Waals surface area (Å²) in [7, 11) is 1.63. The van der Waals surface area contributed by atoms with Gasteiger partial charge in [-0.15, -0.1) is 0 Å². The van der Waals surface area contributed by atoms with E-state index in [9.17, 15) is 9.59 Å². The van der Waals surface area contributed by atoms with E-state index in [-0.39, 0.29) is 25.0 Å². The Morgan fingerprint density at radius 1 is 1.24 bits per heavy atom. The molecule has 1 aromatic carbocycles. The maximum atomic E-state index is 12.7. The molecule has 7 nitrogen and oxygen atoms in total. The first-order chi connectivity index (χ1) is 12.1. The van der Waals surface area contributed by atoms with Crippen molar-refractivity contribution in [1.82, 2.24) is 10.2 Å². The van der Waals surface area contributed by atoms with Crippen LogP contribution in [0, 0.1) is 0 Å². The van der Waals surface area contributed by atoms with Crippen LogP contribution in [0.15, 0.2) is 24.3 Å². The van der Waals surface area contributed by atoms with Gasteiger partial charge in [0.1, 0.15) is 12.4 Å². The van der Waals surface area contributed by atoms with Crippen LogP contribution >= 0.6 is 0 Å². The number of ether oxygens (including phenoxy) is 3. The number of carbonyl (C=O) groups excluding carboxylic acids is 2. The summed E-state index contributed by atoms with van der Waals surface area (Å²) in [4.78, 5) is 26.1. The van der Waals surface area contributed by atoms with E-state index in [1.54, 1.807) is 7.11 Å². The number of methoxy groups -OCH3 is 1. The minimum Gasteiger partial charge on any atom is -0.496 e. The van der Waals surface area contributed by atoms with Gasteiger partial charge in [-0.2, -0.15) is 0 Å². The lowest BCUT2D eigenvalue weighted by molar-refractivity contribution is -0.146. The van der Waals surface area contributed by atoms with E-state index in [0.29, 0.717) is 39.2 Å². The van der Waals surface area contributed by atoms with Crippen LogP contribution in [0.25, 0.3) is 0 Å². The van der Waals surface area contributed by atoms with Crippen molar-refractivity contribution in [2.45, 2.75) is 18.4 Å². The summed E-state index contributed by atoms with van der Waals surface area (Å²) in [6, 6.07) is 7.71. The summed E-state index contributed by atoms with van der Waals surface area (Å²) < 4.78 is 16.1. The van der Waals surface area contributed by atoms with Crippen molar-refractivity contribution in [3.63, 3.8) is 0 Å². The smallest absolute Gasteiger partial charge is 0.249 e. The molecule has 0 aromatic heterocycles. The van der Waals surface area contributed by atoms with Gasteiger partial charge in [0.2, 0.25) is 11.8 Å². The highest BCUT2D eigenvalue weighted by molar-refractivity contribution is 5.86. The molecule has 2 amide bonds. The summed E-state index contributed by atoms with van der Waals surface area (Å²) in [6.07, 6.45) is 1.33. The summed E-state index contributed by atoms with van der Waals surface area (Å²) in [5.41, 5.74) is 0.402. The standard InChI is InChI=1S/C18H24N2O5/c1-23-15-5-3-2-4-14(15)18(6-9-24-10-7-18)19-16(21)12-20-8-11-25-13-17(20)22/h2-5H,6-13H2,1H3,(H,19,21). The fourth-order valence-electron chi connectivity index (χ4n) is 3.42. The van der Waals surface area contributed by atoms with Crippen molar-refractivity contribution in [3.8, 4) is 5.75 Å². The monoisotopic (exact) mass is 348 g/mol. The average Bonchev–Trinajstić information content (AvgIpc) is 2.64. The molecular formula is C18H24N2O5. The minimum absolute atomic E-state index is 0.0404. The lowest BCUT2D eigenvalue weighted by Gasteiger charge is -2.39.